The van der Waals surface area contributed by atoms with Gasteiger partial charge in [-0.2, -0.15) is 17.2 Å². The van der Waals surface area contributed by atoms with Gasteiger partial charge in [0, 0.05) is 27.4 Å². The number of ether oxygens (including phenoxy) is 3. The quantitative estimate of drug-likeness (QED) is 0.286. The van der Waals surface area contributed by atoms with Gasteiger partial charge < -0.3 is 14.2 Å². The standard InChI is InChI=1S/C22H24F3IO7S/c23-18(22(24,25)34(28,29)30)3-4-31-19(27)20-8-12-5-14(9-20)21(15(6-12)10-20)32-11-13-1-2-16(26)7-17(13)33-21/h1-2,7,12,14-15,18H,3-6,8-11H2,(H,28,29,30). The lowest BCUT2D eigenvalue weighted by molar-refractivity contribution is -0.326. The Morgan fingerprint density at radius 1 is 1.26 bits per heavy atom. The van der Waals surface area contributed by atoms with E-state index in [1.165, 1.54) is 0 Å². The number of halogens is 4. The number of carbonyl (C=O) groups excluding carboxylic acids is 1. The third-order valence-electron chi connectivity index (χ3n) is 7.83. The molecule has 1 N–H and O–H groups in total. The minimum absolute atomic E-state index is 0.0462. The van der Waals surface area contributed by atoms with E-state index in [-0.39, 0.29) is 17.8 Å². The second kappa shape index (κ2) is 8.20. The Morgan fingerprint density at radius 3 is 2.59 bits per heavy atom. The first kappa shape index (κ1) is 24.6. The molecule has 1 aromatic carbocycles. The lowest BCUT2D eigenvalue weighted by Crippen LogP contribution is -2.67. The number of rotatable bonds is 6. The van der Waals surface area contributed by atoms with E-state index in [0.29, 0.717) is 25.9 Å². The van der Waals surface area contributed by atoms with Crippen molar-refractivity contribution in [3.63, 3.8) is 0 Å². The van der Waals surface area contributed by atoms with Crippen LogP contribution in [-0.4, -0.2) is 42.8 Å². The third-order valence-corrected chi connectivity index (χ3v) is 9.44. The number of fused-ring (bicyclic) bond motifs is 1. The first-order valence-electron chi connectivity index (χ1n) is 11.1. The van der Waals surface area contributed by atoms with Crippen LogP contribution in [0.3, 0.4) is 0 Å². The molecule has 0 amide bonds. The molecular weight excluding hydrogens is 592 g/mol. The van der Waals surface area contributed by atoms with Crippen LogP contribution in [0.15, 0.2) is 18.2 Å². The van der Waals surface area contributed by atoms with Crippen LogP contribution in [0.25, 0.3) is 0 Å². The summed E-state index contributed by atoms with van der Waals surface area (Å²) in [6, 6.07) is 5.94. The summed E-state index contributed by atoms with van der Waals surface area (Å²) in [5.74, 6) is -0.436. The molecule has 5 aliphatic rings. The van der Waals surface area contributed by atoms with E-state index in [2.05, 4.69) is 22.6 Å². The van der Waals surface area contributed by atoms with Crippen LogP contribution in [0.2, 0.25) is 0 Å². The first-order chi connectivity index (χ1) is 15.9. The summed E-state index contributed by atoms with van der Waals surface area (Å²) in [4.78, 5) is 13.1. The van der Waals surface area contributed by atoms with Gasteiger partial charge in [-0.3, -0.25) is 9.35 Å². The Morgan fingerprint density at radius 2 is 1.94 bits per heavy atom. The Kier molecular flexibility index (Phi) is 5.93. The van der Waals surface area contributed by atoms with Crippen molar-refractivity contribution in [2.75, 3.05) is 6.61 Å². The summed E-state index contributed by atoms with van der Waals surface area (Å²) >= 11 is 2.22. The van der Waals surface area contributed by atoms with E-state index in [1.54, 1.807) is 0 Å². The highest BCUT2D eigenvalue weighted by Crippen LogP contribution is 2.66. The van der Waals surface area contributed by atoms with E-state index < -0.39 is 51.7 Å². The zero-order chi connectivity index (χ0) is 24.5. The van der Waals surface area contributed by atoms with Crippen LogP contribution in [0, 0.1) is 26.7 Å². The van der Waals surface area contributed by atoms with Gasteiger partial charge in [-0.25, -0.2) is 4.39 Å². The molecule has 0 aromatic heterocycles. The lowest BCUT2D eigenvalue weighted by Gasteiger charge is -2.63. The SMILES string of the molecule is O=C(OCCC(F)C(F)(F)S(=O)(=O)O)C12CC3CC(C1)C1(OCc4ccc(I)cc4O1)C(C3)C2. The number of benzene rings is 1. The predicted molar refractivity (Wildman–Crippen MR) is 120 cm³/mol. The number of alkyl halides is 3. The average molecular weight is 616 g/mol. The maximum atomic E-state index is 13.8. The highest BCUT2D eigenvalue weighted by Gasteiger charge is 2.68. The van der Waals surface area contributed by atoms with E-state index in [9.17, 15) is 26.4 Å². The molecule has 12 heteroatoms. The summed E-state index contributed by atoms with van der Waals surface area (Å²) in [7, 11) is -5.91. The maximum Gasteiger partial charge on any atom is 0.400 e. The molecule has 3 unspecified atom stereocenters. The van der Waals surface area contributed by atoms with Gasteiger partial charge in [0.25, 0.3) is 0 Å². The van der Waals surface area contributed by atoms with Crippen molar-refractivity contribution in [1.29, 1.82) is 0 Å². The molecule has 1 heterocycles. The molecule has 188 valence electrons. The molecule has 0 radical (unpaired) electrons. The van der Waals surface area contributed by atoms with Crippen molar-refractivity contribution in [3.05, 3.63) is 27.3 Å². The summed E-state index contributed by atoms with van der Waals surface area (Å²) in [5, 5.41) is -4.96. The molecule has 1 aliphatic heterocycles. The van der Waals surface area contributed by atoms with Crippen molar-refractivity contribution in [2.24, 2.45) is 23.2 Å². The maximum absolute atomic E-state index is 13.8. The molecule has 4 saturated carbocycles. The number of carbonyl (C=O) groups is 1. The van der Waals surface area contributed by atoms with E-state index >= 15 is 0 Å². The summed E-state index contributed by atoms with van der Waals surface area (Å²) in [6.07, 6.45) is -1.03. The molecule has 34 heavy (non-hydrogen) atoms. The minimum atomic E-state index is -5.91. The van der Waals surface area contributed by atoms with Gasteiger partial charge in [0.05, 0.1) is 18.6 Å². The molecule has 4 aliphatic carbocycles. The Hall–Kier alpha value is -1.12. The van der Waals surface area contributed by atoms with Crippen molar-refractivity contribution in [1.82, 2.24) is 0 Å². The normalized spacial score (nSPS) is 35.0. The molecule has 7 nitrogen and oxygen atoms in total. The van der Waals surface area contributed by atoms with Crippen molar-refractivity contribution >= 4 is 38.7 Å². The monoisotopic (exact) mass is 616 g/mol. The highest BCUT2D eigenvalue weighted by molar-refractivity contribution is 14.1. The van der Waals surface area contributed by atoms with Crippen molar-refractivity contribution in [2.45, 2.75) is 62.3 Å². The van der Waals surface area contributed by atoms with Gasteiger partial charge in [-0.15, -0.1) is 0 Å². The van der Waals surface area contributed by atoms with Gasteiger partial charge in [0.15, 0.2) is 6.17 Å². The topological polar surface area (TPSA) is 99.1 Å². The minimum Gasteiger partial charge on any atom is -0.465 e. The fraction of sp³-hybridized carbons (Fsp3) is 0.682. The van der Waals surface area contributed by atoms with Gasteiger partial charge in [-0.1, -0.05) is 6.07 Å². The lowest BCUT2D eigenvalue weighted by atomic mass is 9.47. The molecule has 1 spiro atoms. The van der Waals surface area contributed by atoms with Crippen LogP contribution in [0.1, 0.15) is 44.1 Å². The third kappa shape index (κ3) is 3.83. The summed E-state index contributed by atoms with van der Waals surface area (Å²) in [6.45, 7) is -0.294. The second-order valence-corrected chi connectivity index (χ2v) is 12.7. The van der Waals surface area contributed by atoms with E-state index in [1.807, 2.05) is 18.2 Å². The zero-order valence-corrected chi connectivity index (χ0v) is 21.0. The van der Waals surface area contributed by atoms with Crippen molar-refractivity contribution < 1.29 is 45.1 Å². The molecule has 0 saturated heterocycles. The van der Waals surface area contributed by atoms with Crippen molar-refractivity contribution in [3.8, 4) is 5.75 Å². The van der Waals surface area contributed by atoms with Crippen LogP contribution >= 0.6 is 22.6 Å². The Bertz CT molecular complexity index is 1100. The van der Waals surface area contributed by atoms with Gasteiger partial charge in [0.2, 0.25) is 5.79 Å². The van der Waals surface area contributed by atoms with Crippen LogP contribution in [0.4, 0.5) is 13.2 Å². The average Bonchev–Trinajstić information content (AvgIpc) is 2.75. The predicted octanol–water partition coefficient (Wildman–Crippen LogP) is 4.47. The van der Waals surface area contributed by atoms with Gasteiger partial charge >= 0.3 is 21.3 Å². The highest BCUT2D eigenvalue weighted by atomic mass is 127. The fourth-order valence-electron chi connectivity index (χ4n) is 6.45. The zero-order valence-electron chi connectivity index (χ0n) is 18.0. The molecule has 4 bridgehead atoms. The fourth-order valence-corrected chi connectivity index (χ4v) is 7.35. The number of hydrogen-bond donors (Lipinski definition) is 1. The number of esters is 1. The Balaban J connectivity index is 1.28. The molecule has 4 fully saturated rings. The Labute approximate surface area is 208 Å². The van der Waals surface area contributed by atoms with Crippen LogP contribution in [0.5, 0.6) is 5.75 Å². The molecule has 3 atom stereocenters. The second-order valence-electron chi connectivity index (χ2n) is 9.92. The first-order valence-corrected chi connectivity index (χ1v) is 13.7. The smallest absolute Gasteiger partial charge is 0.400 e. The van der Waals surface area contributed by atoms with Crippen LogP contribution < -0.4 is 4.74 Å². The van der Waals surface area contributed by atoms with Gasteiger partial charge in [-0.05, 0) is 72.7 Å². The molecular formula is C22H24F3IO7S. The summed E-state index contributed by atoms with van der Waals surface area (Å²) < 4.78 is 89.6. The van der Waals surface area contributed by atoms with E-state index in [0.717, 1.165) is 27.7 Å². The van der Waals surface area contributed by atoms with E-state index in [4.69, 9.17) is 18.8 Å². The van der Waals surface area contributed by atoms with Gasteiger partial charge in [0.1, 0.15) is 5.75 Å². The number of hydrogen-bond acceptors (Lipinski definition) is 6. The molecule has 6 rings (SSSR count). The molecule has 1 aromatic rings. The van der Waals surface area contributed by atoms with Crippen LogP contribution in [-0.2, 0) is 31.0 Å². The summed E-state index contributed by atoms with van der Waals surface area (Å²) in [5.41, 5.74) is 0.147. The largest absolute Gasteiger partial charge is 0.465 e.